The number of carbonyl (C=O) groups excluding carboxylic acids is 2. The molecule has 0 spiro atoms. The first kappa shape index (κ1) is 20.1. The van der Waals surface area contributed by atoms with Crippen LogP contribution in [0.15, 0.2) is 47.2 Å². The van der Waals surface area contributed by atoms with E-state index in [0.29, 0.717) is 36.4 Å². The molecule has 2 atom stereocenters. The smallest absolute Gasteiger partial charge is 0.352 e. The highest BCUT2D eigenvalue weighted by atomic mass is 32.2. The first-order valence-corrected chi connectivity index (χ1v) is 10.2. The molecule has 1 aromatic carbocycles. The number of rotatable bonds is 5. The molecule has 4 rings (SSSR count). The maximum absolute atomic E-state index is 12.8. The third kappa shape index (κ3) is 3.35. The lowest BCUT2D eigenvalue weighted by Gasteiger charge is -2.47. The predicted octanol–water partition coefficient (Wildman–Crippen LogP) is 0.835. The summed E-state index contributed by atoms with van der Waals surface area (Å²) in [7, 11) is 0. The van der Waals surface area contributed by atoms with Crippen LogP contribution in [0, 0.1) is 10.1 Å². The van der Waals surface area contributed by atoms with E-state index >= 15 is 0 Å². The fraction of sp³-hybridized carbons (Fsp3) is 0.316. The molecule has 156 valence electrons. The number of β-lactam (4-membered cyclic amide) rings is 1. The molecule has 0 aliphatic carbocycles. The number of fused-ring (bicyclic) bond motifs is 1. The molecule has 0 bridgehead atoms. The zero-order valence-corrected chi connectivity index (χ0v) is 16.5. The van der Waals surface area contributed by atoms with Gasteiger partial charge in [-0.25, -0.2) is 4.79 Å². The molecule has 10 nitrogen and oxygen atoms in total. The van der Waals surface area contributed by atoms with E-state index < -0.39 is 22.8 Å². The maximum atomic E-state index is 12.8. The molecule has 30 heavy (non-hydrogen) atoms. The van der Waals surface area contributed by atoms with Gasteiger partial charge in [0.05, 0.1) is 4.92 Å². The van der Waals surface area contributed by atoms with E-state index in [9.17, 15) is 29.6 Å². The summed E-state index contributed by atoms with van der Waals surface area (Å²) in [6, 6.07) is 5.29. The lowest BCUT2D eigenvalue weighted by molar-refractivity contribution is -0.384. The van der Waals surface area contributed by atoms with E-state index in [1.807, 2.05) is 0 Å². The molecule has 2 saturated heterocycles. The average Bonchev–Trinajstić information content (AvgIpc) is 3.06. The van der Waals surface area contributed by atoms with Crippen LogP contribution in [0.3, 0.4) is 0 Å². The van der Waals surface area contributed by atoms with Gasteiger partial charge in [0, 0.05) is 36.5 Å². The summed E-state index contributed by atoms with van der Waals surface area (Å²) in [6.07, 6.45) is 2.02. The van der Waals surface area contributed by atoms with Crippen molar-refractivity contribution in [3.8, 4) is 0 Å². The number of aliphatic carboxylic acids is 1. The van der Waals surface area contributed by atoms with Gasteiger partial charge >= 0.3 is 5.97 Å². The highest BCUT2D eigenvalue weighted by Crippen LogP contribution is 2.40. The number of allylic oxidation sites excluding steroid dienone is 1. The number of thioether (sulfide) groups is 1. The molecule has 0 unspecified atom stereocenters. The van der Waals surface area contributed by atoms with Crippen molar-refractivity contribution in [3.05, 3.63) is 62.9 Å². The zero-order valence-electron chi connectivity index (χ0n) is 15.7. The van der Waals surface area contributed by atoms with E-state index in [2.05, 4.69) is 0 Å². The summed E-state index contributed by atoms with van der Waals surface area (Å²) < 4.78 is 0. The van der Waals surface area contributed by atoms with Gasteiger partial charge in [0.25, 0.3) is 5.69 Å². The first-order valence-electron chi connectivity index (χ1n) is 9.18. The third-order valence-electron chi connectivity index (χ3n) is 5.32. The summed E-state index contributed by atoms with van der Waals surface area (Å²) in [5, 5.41) is 20.0. The van der Waals surface area contributed by atoms with E-state index in [4.69, 9.17) is 5.73 Å². The van der Waals surface area contributed by atoms with Gasteiger partial charge in [-0.05, 0) is 23.6 Å². The van der Waals surface area contributed by atoms with Crippen LogP contribution < -0.4 is 5.73 Å². The Balaban J connectivity index is 1.53. The van der Waals surface area contributed by atoms with Crippen molar-refractivity contribution in [2.75, 3.05) is 12.3 Å². The van der Waals surface area contributed by atoms with Crippen LogP contribution in [0.4, 0.5) is 5.69 Å². The van der Waals surface area contributed by atoms with Crippen LogP contribution in [0.25, 0.3) is 0 Å². The first-order chi connectivity index (χ1) is 14.3. The molecule has 11 heteroatoms. The molecule has 2 fully saturated rings. The number of carboxylic acid groups (broad SMARTS) is 1. The summed E-state index contributed by atoms with van der Waals surface area (Å²) in [5.41, 5.74) is 7.27. The summed E-state index contributed by atoms with van der Waals surface area (Å²) in [4.78, 5) is 49.7. The Morgan fingerprint density at radius 1 is 1.33 bits per heavy atom. The lowest BCUT2D eigenvalue weighted by Crippen LogP contribution is -2.68. The van der Waals surface area contributed by atoms with Gasteiger partial charge in [-0.15, -0.1) is 11.8 Å². The Labute approximate surface area is 175 Å². The van der Waals surface area contributed by atoms with Crippen LogP contribution in [0.1, 0.15) is 12.0 Å². The van der Waals surface area contributed by atoms with Crippen molar-refractivity contribution in [2.45, 2.75) is 24.4 Å². The van der Waals surface area contributed by atoms with Gasteiger partial charge in [0.2, 0.25) is 11.8 Å². The normalized spacial score (nSPS) is 24.9. The summed E-state index contributed by atoms with van der Waals surface area (Å²) >= 11 is 1.38. The minimum absolute atomic E-state index is 0.0198. The van der Waals surface area contributed by atoms with Gasteiger partial charge in [-0.3, -0.25) is 24.6 Å². The van der Waals surface area contributed by atoms with Crippen molar-refractivity contribution in [2.24, 2.45) is 5.73 Å². The van der Waals surface area contributed by atoms with Gasteiger partial charge < -0.3 is 15.7 Å². The van der Waals surface area contributed by atoms with Gasteiger partial charge in [0.1, 0.15) is 17.1 Å². The number of carboxylic acids is 1. The number of nitrogens with two attached hydrogens (primary N) is 1. The number of hydrogen-bond acceptors (Lipinski definition) is 7. The van der Waals surface area contributed by atoms with Crippen molar-refractivity contribution in [1.29, 1.82) is 0 Å². The molecule has 2 amide bonds. The highest BCUT2D eigenvalue weighted by molar-refractivity contribution is 8.00. The number of nitro groups is 1. The van der Waals surface area contributed by atoms with Crippen LogP contribution in [-0.4, -0.2) is 61.3 Å². The number of benzene rings is 1. The second-order valence-electron chi connectivity index (χ2n) is 7.18. The van der Waals surface area contributed by atoms with E-state index in [1.165, 1.54) is 28.8 Å². The van der Waals surface area contributed by atoms with Gasteiger partial charge in [-0.2, -0.15) is 0 Å². The molecule has 3 N–H and O–H groups in total. The third-order valence-corrected chi connectivity index (χ3v) is 6.65. The van der Waals surface area contributed by atoms with Gasteiger partial charge in [-0.1, -0.05) is 12.1 Å². The fourth-order valence-electron chi connectivity index (χ4n) is 3.76. The minimum atomic E-state index is -1.22. The van der Waals surface area contributed by atoms with E-state index in [0.717, 1.165) is 5.56 Å². The quantitative estimate of drug-likeness (QED) is 0.302. The molecular weight excluding hydrogens is 412 g/mol. The zero-order chi connectivity index (χ0) is 21.6. The monoisotopic (exact) mass is 430 g/mol. The van der Waals surface area contributed by atoms with Crippen molar-refractivity contribution in [3.63, 3.8) is 0 Å². The van der Waals surface area contributed by atoms with Crippen LogP contribution in [0.5, 0.6) is 0 Å². The number of nitrogens with zero attached hydrogens (tertiary/aromatic N) is 3. The van der Waals surface area contributed by atoms with Crippen LogP contribution in [0.2, 0.25) is 0 Å². The number of non-ortho nitro benzene ring substituents is 1. The van der Waals surface area contributed by atoms with Crippen molar-refractivity contribution in [1.82, 2.24) is 9.80 Å². The number of likely N-dealkylation sites (tertiary alicyclic amines) is 1. The summed E-state index contributed by atoms with van der Waals surface area (Å²) in [5.74, 6) is -1.52. The number of amides is 2. The average molecular weight is 430 g/mol. The topological polar surface area (TPSA) is 147 Å². The second-order valence-corrected chi connectivity index (χ2v) is 8.29. The molecule has 3 aliphatic rings. The van der Waals surface area contributed by atoms with Crippen molar-refractivity contribution < 1.29 is 24.4 Å². The van der Waals surface area contributed by atoms with Crippen LogP contribution in [-0.2, 0) is 20.9 Å². The Hall–Kier alpha value is -3.18. The molecule has 0 radical (unpaired) electrons. The Kier molecular flexibility index (Phi) is 5.08. The molecule has 0 aromatic heterocycles. The highest BCUT2D eigenvalue weighted by Gasteiger charge is 2.51. The Morgan fingerprint density at radius 2 is 2.03 bits per heavy atom. The van der Waals surface area contributed by atoms with E-state index in [1.54, 1.807) is 23.1 Å². The number of carbonyl (C=O) groups is 3. The van der Waals surface area contributed by atoms with Gasteiger partial charge in [0.15, 0.2) is 0 Å². The molecule has 0 saturated carbocycles. The fourth-order valence-corrected chi connectivity index (χ4v) is 5.01. The molecule has 3 aliphatic heterocycles. The van der Waals surface area contributed by atoms with Crippen molar-refractivity contribution >= 4 is 35.2 Å². The predicted molar refractivity (Wildman–Crippen MR) is 107 cm³/mol. The van der Waals surface area contributed by atoms with E-state index in [-0.39, 0.29) is 22.7 Å². The Morgan fingerprint density at radius 3 is 2.67 bits per heavy atom. The molecule has 3 heterocycles. The lowest BCUT2D eigenvalue weighted by atomic mass is 10.0. The standard InChI is InChI=1S/C19H18N4O6S/c20-14-17(25)22-15(19(26)27)12(9-30-18(14)22)7-11-5-6-21(16(11)24)8-10-1-3-13(4-2-10)23(28)29/h1-4,7,14,18H,5-6,8-9,20H2,(H,26,27)/t14-,18-/m1/s1. The largest absolute Gasteiger partial charge is 0.477 e. The molecular formula is C19H18N4O6S. The second kappa shape index (κ2) is 7.58. The van der Waals surface area contributed by atoms with Crippen LogP contribution >= 0.6 is 11.8 Å². The maximum Gasteiger partial charge on any atom is 0.352 e. The minimum Gasteiger partial charge on any atom is -0.477 e. The molecule has 1 aromatic rings. The Bertz CT molecular complexity index is 1020. The summed E-state index contributed by atoms with van der Waals surface area (Å²) in [6.45, 7) is 0.760. The number of hydrogen-bond donors (Lipinski definition) is 2. The SMILES string of the molecule is N[C@@H]1C(=O)N2C(C(=O)O)=C(C=C3CCN(Cc4ccc([N+](=O)[O-])cc4)C3=O)CS[C@H]12. The number of nitro benzene ring substituents is 1.